The molecule has 0 aromatic heterocycles. The second-order valence-corrected chi connectivity index (χ2v) is 6.96. The average Bonchev–Trinajstić information content (AvgIpc) is 2.34. The molecule has 0 atom stereocenters. The first kappa shape index (κ1) is 16.9. The van der Waals surface area contributed by atoms with Gasteiger partial charge in [0.15, 0.2) is 0 Å². The van der Waals surface area contributed by atoms with Crippen molar-refractivity contribution in [1.29, 1.82) is 0 Å². The van der Waals surface area contributed by atoms with Crippen molar-refractivity contribution < 1.29 is 9.47 Å². The van der Waals surface area contributed by atoms with Gasteiger partial charge in [-0.15, -0.1) is 0 Å². The quantitative estimate of drug-likeness (QED) is 0.720. The van der Waals surface area contributed by atoms with E-state index in [0.717, 1.165) is 19.0 Å². The molecular weight excluding hydrogens is 238 g/mol. The number of nitrogens with one attached hydrogen (secondary N) is 1. The summed E-state index contributed by atoms with van der Waals surface area (Å²) in [4.78, 5) is 0. The van der Waals surface area contributed by atoms with Crippen molar-refractivity contribution in [3.05, 3.63) is 0 Å². The highest BCUT2D eigenvalue weighted by Crippen LogP contribution is 2.34. The van der Waals surface area contributed by atoms with Crippen molar-refractivity contribution >= 4 is 0 Å². The zero-order chi connectivity index (χ0) is 14.4. The predicted molar refractivity (Wildman–Crippen MR) is 80.6 cm³/mol. The molecule has 3 heteroatoms. The SMILES string of the molecule is CCNCC1(OCCOC(C)(C)C)CCC(C)CC1. The Labute approximate surface area is 119 Å². The molecule has 1 N–H and O–H groups in total. The number of ether oxygens (including phenoxy) is 2. The molecule has 114 valence electrons. The number of rotatable bonds is 7. The summed E-state index contributed by atoms with van der Waals surface area (Å²) in [5.74, 6) is 0.851. The molecule has 1 aliphatic rings. The fourth-order valence-corrected chi connectivity index (χ4v) is 2.62. The van der Waals surface area contributed by atoms with Crippen LogP contribution in [0.25, 0.3) is 0 Å². The Balaban J connectivity index is 2.37. The van der Waals surface area contributed by atoms with Crippen molar-refractivity contribution in [3.8, 4) is 0 Å². The number of likely N-dealkylation sites (N-methyl/N-ethyl adjacent to an activating group) is 1. The molecule has 0 aromatic rings. The maximum atomic E-state index is 6.23. The molecule has 1 saturated carbocycles. The van der Waals surface area contributed by atoms with Crippen LogP contribution in [0.5, 0.6) is 0 Å². The van der Waals surface area contributed by atoms with Crippen LogP contribution >= 0.6 is 0 Å². The van der Waals surface area contributed by atoms with Gasteiger partial charge < -0.3 is 14.8 Å². The molecule has 0 amide bonds. The van der Waals surface area contributed by atoms with Gasteiger partial charge in [-0.2, -0.15) is 0 Å². The summed E-state index contributed by atoms with van der Waals surface area (Å²) in [5.41, 5.74) is -0.0248. The van der Waals surface area contributed by atoms with E-state index in [1.807, 2.05) is 0 Å². The van der Waals surface area contributed by atoms with Crippen molar-refractivity contribution in [3.63, 3.8) is 0 Å². The molecule has 0 aliphatic heterocycles. The van der Waals surface area contributed by atoms with Crippen LogP contribution in [0, 0.1) is 5.92 Å². The highest BCUT2D eigenvalue weighted by atomic mass is 16.5. The third-order valence-corrected chi connectivity index (χ3v) is 3.91. The highest BCUT2D eigenvalue weighted by molar-refractivity contribution is 4.88. The Kier molecular flexibility index (Phi) is 6.78. The minimum absolute atomic E-state index is 0.0454. The zero-order valence-electron chi connectivity index (χ0n) is 13.6. The van der Waals surface area contributed by atoms with Gasteiger partial charge in [0.25, 0.3) is 0 Å². The van der Waals surface area contributed by atoms with Crippen LogP contribution in [0.4, 0.5) is 0 Å². The Bertz CT molecular complexity index is 234. The fraction of sp³-hybridized carbons (Fsp3) is 1.00. The molecule has 19 heavy (non-hydrogen) atoms. The molecular formula is C16H33NO2. The average molecular weight is 271 g/mol. The first-order valence-corrected chi connectivity index (χ1v) is 7.85. The lowest BCUT2D eigenvalue weighted by Gasteiger charge is -2.39. The van der Waals surface area contributed by atoms with E-state index in [2.05, 4.69) is 39.9 Å². The molecule has 1 rings (SSSR count). The van der Waals surface area contributed by atoms with E-state index in [1.54, 1.807) is 0 Å². The van der Waals surface area contributed by atoms with Gasteiger partial charge in [0, 0.05) is 6.54 Å². The van der Waals surface area contributed by atoms with Gasteiger partial charge in [0.2, 0.25) is 0 Å². The van der Waals surface area contributed by atoms with Gasteiger partial charge in [-0.25, -0.2) is 0 Å². The molecule has 0 aromatic carbocycles. The third kappa shape index (κ3) is 6.73. The maximum Gasteiger partial charge on any atom is 0.0807 e. The summed E-state index contributed by atoms with van der Waals surface area (Å²) in [7, 11) is 0. The van der Waals surface area contributed by atoms with Crippen LogP contribution in [0.1, 0.15) is 60.3 Å². The van der Waals surface area contributed by atoms with Crippen LogP contribution in [-0.2, 0) is 9.47 Å². The standard InChI is InChI=1S/C16H33NO2/c1-6-17-13-16(9-7-14(2)8-10-16)19-12-11-18-15(3,4)5/h14,17H,6-13H2,1-5H3. The van der Waals surface area contributed by atoms with Gasteiger partial charge in [0.1, 0.15) is 0 Å². The van der Waals surface area contributed by atoms with Gasteiger partial charge in [-0.05, 0) is 58.9 Å². The van der Waals surface area contributed by atoms with Crippen LogP contribution in [0.15, 0.2) is 0 Å². The predicted octanol–water partition coefficient (Wildman–Crippen LogP) is 3.38. The van der Waals surface area contributed by atoms with Gasteiger partial charge in [0.05, 0.1) is 24.4 Å². The normalized spacial score (nSPS) is 28.6. The summed E-state index contributed by atoms with van der Waals surface area (Å²) in [6, 6.07) is 0. The maximum absolute atomic E-state index is 6.23. The Hall–Kier alpha value is -0.120. The third-order valence-electron chi connectivity index (χ3n) is 3.91. The first-order valence-electron chi connectivity index (χ1n) is 7.85. The minimum Gasteiger partial charge on any atom is -0.373 e. The minimum atomic E-state index is -0.0702. The highest BCUT2D eigenvalue weighted by Gasteiger charge is 2.34. The van der Waals surface area contributed by atoms with Crippen molar-refractivity contribution in [2.45, 2.75) is 71.5 Å². The molecule has 0 spiro atoms. The van der Waals surface area contributed by atoms with E-state index in [4.69, 9.17) is 9.47 Å². The monoisotopic (exact) mass is 271 g/mol. The summed E-state index contributed by atoms with van der Waals surface area (Å²) >= 11 is 0. The number of hydrogen-bond donors (Lipinski definition) is 1. The van der Waals surface area contributed by atoms with Crippen LogP contribution in [0.2, 0.25) is 0 Å². The molecule has 0 heterocycles. The molecule has 0 bridgehead atoms. The van der Waals surface area contributed by atoms with Gasteiger partial charge in [-0.1, -0.05) is 13.8 Å². The summed E-state index contributed by atoms with van der Waals surface area (Å²) in [5, 5.41) is 3.46. The van der Waals surface area contributed by atoms with E-state index in [0.29, 0.717) is 13.2 Å². The number of hydrogen-bond acceptors (Lipinski definition) is 3. The Morgan fingerprint density at radius 2 is 1.79 bits per heavy atom. The second kappa shape index (κ2) is 7.61. The second-order valence-electron chi connectivity index (χ2n) is 6.96. The zero-order valence-corrected chi connectivity index (χ0v) is 13.6. The summed E-state index contributed by atoms with van der Waals surface area (Å²) in [6.07, 6.45) is 4.92. The van der Waals surface area contributed by atoms with E-state index < -0.39 is 0 Å². The lowest BCUT2D eigenvalue weighted by molar-refractivity contribution is -0.109. The molecule has 0 saturated heterocycles. The van der Waals surface area contributed by atoms with Crippen LogP contribution < -0.4 is 5.32 Å². The topological polar surface area (TPSA) is 30.5 Å². The lowest BCUT2D eigenvalue weighted by atomic mass is 9.79. The molecule has 0 unspecified atom stereocenters. The fourth-order valence-electron chi connectivity index (χ4n) is 2.62. The molecule has 1 fully saturated rings. The van der Waals surface area contributed by atoms with Crippen LogP contribution in [-0.4, -0.2) is 37.5 Å². The Morgan fingerprint density at radius 1 is 1.16 bits per heavy atom. The summed E-state index contributed by atoms with van der Waals surface area (Å²) in [6.45, 7) is 14.1. The van der Waals surface area contributed by atoms with Crippen molar-refractivity contribution in [1.82, 2.24) is 5.32 Å². The van der Waals surface area contributed by atoms with Gasteiger partial charge >= 0.3 is 0 Å². The Morgan fingerprint density at radius 3 is 2.32 bits per heavy atom. The van der Waals surface area contributed by atoms with E-state index in [9.17, 15) is 0 Å². The largest absolute Gasteiger partial charge is 0.373 e. The molecule has 3 nitrogen and oxygen atoms in total. The first-order chi connectivity index (χ1) is 8.87. The van der Waals surface area contributed by atoms with Gasteiger partial charge in [-0.3, -0.25) is 0 Å². The lowest BCUT2D eigenvalue weighted by Crippen LogP contribution is -2.46. The van der Waals surface area contributed by atoms with E-state index >= 15 is 0 Å². The van der Waals surface area contributed by atoms with E-state index in [-0.39, 0.29) is 11.2 Å². The van der Waals surface area contributed by atoms with Crippen LogP contribution in [0.3, 0.4) is 0 Å². The van der Waals surface area contributed by atoms with Crippen molar-refractivity contribution in [2.24, 2.45) is 5.92 Å². The van der Waals surface area contributed by atoms with Crippen molar-refractivity contribution in [2.75, 3.05) is 26.3 Å². The molecule has 1 aliphatic carbocycles. The summed E-state index contributed by atoms with van der Waals surface area (Å²) < 4.78 is 12.0. The van der Waals surface area contributed by atoms with E-state index in [1.165, 1.54) is 25.7 Å². The smallest absolute Gasteiger partial charge is 0.0807 e. The molecule has 0 radical (unpaired) electrons.